The number of aromatic nitrogens is 6. The average molecular weight is 365 g/mol. The van der Waals surface area contributed by atoms with Gasteiger partial charge in [0.15, 0.2) is 5.82 Å². The fraction of sp³-hybridized carbons (Fsp3) is 0.421. The maximum atomic E-state index is 12.6. The van der Waals surface area contributed by atoms with E-state index in [0.29, 0.717) is 18.0 Å². The molecule has 1 amide bonds. The van der Waals surface area contributed by atoms with Crippen LogP contribution in [-0.4, -0.2) is 53.4 Å². The summed E-state index contributed by atoms with van der Waals surface area (Å²) in [6, 6.07) is 5.44. The van der Waals surface area contributed by atoms with Crippen molar-refractivity contribution in [3.8, 4) is 0 Å². The molecule has 0 atom stereocenters. The minimum atomic E-state index is 0.0761. The van der Waals surface area contributed by atoms with E-state index in [1.807, 2.05) is 21.8 Å². The van der Waals surface area contributed by atoms with Gasteiger partial charge in [0.05, 0.1) is 0 Å². The molecule has 3 aromatic rings. The van der Waals surface area contributed by atoms with E-state index in [1.165, 1.54) is 0 Å². The van der Waals surface area contributed by atoms with Crippen LogP contribution >= 0.6 is 0 Å². The van der Waals surface area contributed by atoms with Gasteiger partial charge >= 0.3 is 0 Å². The van der Waals surface area contributed by atoms with Crippen LogP contribution in [0, 0.1) is 0 Å². The molecule has 8 nitrogen and oxygen atoms in total. The molecule has 0 saturated carbocycles. The second-order valence-corrected chi connectivity index (χ2v) is 6.72. The molecule has 140 valence electrons. The molecule has 1 saturated heterocycles. The third-order valence-electron chi connectivity index (χ3n) is 5.11. The second-order valence-electron chi connectivity index (χ2n) is 6.72. The van der Waals surface area contributed by atoms with Crippen LogP contribution in [0.25, 0.3) is 0 Å². The van der Waals surface area contributed by atoms with Gasteiger partial charge in [-0.1, -0.05) is 0 Å². The number of piperidine rings is 1. The molecule has 0 spiro atoms. The van der Waals surface area contributed by atoms with Crippen LogP contribution in [0.2, 0.25) is 0 Å². The van der Waals surface area contributed by atoms with Gasteiger partial charge in [-0.3, -0.25) is 14.5 Å². The molecule has 0 aromatic carbocycles. The maximum absolute atomic E-state index is 12.6. The number of nitrogens with zero attached hydrogens (tertiary/aromatic N) is 7. The third kappa shape index (κ3) is 3.60. The Morgan fingerprint density at radius 1 is 1.15 bits per heavy atom. The number of carbonyl (C=O) groups excluding carboxylic acids is 1. The fourth-order valence-corrected chi connectivity index (χ4v) is 3.67. The van der Waals surface area contributed by atoms with Crippen LogP contribution in [0.5, 0.6) is 0 Å². The minimum absolute atomic E-state index is 0.0761. The van der Waals surface area contributed by atoms with Crippen LogP contribution in [0.1, 0.15) is 47.7 Å². The Morgan fingerprint density at radius 2 is 1.93 bits per heavy atom. The van der Waals surface area contributed by atoms with E-state index in [-0.39, 0.29) is 5.91 Å². The molecular formula is C19H23N7O. The highest BCUT2D eigenvalue weighted by Gasteiger charge is 2.28. The number of carbonyl (C=O) groups is 1. The van der Waals surface area contributed by atoms with E-state index in [1.54, 1.807) is 30.7 Å². The van der Waals surface area contributed by atoms with E-state index >= 15 is 0 Å². The first-order valence-corrected chi connectivity index (χ1v) is 9.35. The molecule has 0 N–H and O–H groups in total. The van der Waals surface area contributed by atoms with Gasteiger partial charge < -0.3 is 9.47 Å². The van der Waals surface area contributed by atoms with Crippen molar-refractivity contribution >= 4 is 5.91 Å². The number of rotatable bonds is 5. The van der Waals surface area contributed by atoms with Crippen LogP contribution in [0.4, 0.5) is 0 Å². The first-order chi connectivity index (χ1) is 13.3. The van der Waals surface area contributed by atoms with Gasteiger partial charge in [-0.25, -0.2) is 0 Å². The Bertz CT molecular complexity index is 880. The van der Waals surface area contributed by atoms with Gasteiger partial charge in [-0.05, 0) is 38.0 Å². The minimum Gasteiger partial charge on any atom is -0.339 e. The molecular weight excluding hydrogens is 342 g/mol. The lowest BCUT2D eigenvalue weighted by atomic mass is 9.95. The smallest absolute Gasteiger partial charge is 0.253 e. The number of hydrogen-bond donors (Lipinski definition) is 0. The molecule has 0 bridgehead atoms. The molecule has 27 heavy (non-hydrogen) atoms. The van der Waals surface area contributed by atoms with Crippen molar-refractivity contribution in [2.24, 2.45) is 0 Å². The molecule has 3 aromatic heterocycles. The highest BCUT2D eigenvalue weighted by atomic mass is 16.2. The van der Waals surface area contributed by atoms with E-state index in [4.69, 9.17) is 0 Å². The van der Waals surface area contributed by atoms with Crippen molar-refractivity contribution in [3.63, 3.8) is 0 Å². The average Bonchev–Trinajstić information content (AvgIpc) is 3.38. The SMILES string of the molecule is CCn1c(Cn2cccn2)nnc1C1CCN(C(=O)c2ccncc2)CC1. The first-order valence-electron chi connectivity index (χ1n) is 9.35. The maximum Gasteiger partial charge on any atom is 0.253 e. The predicted octanol–water partition coefficient (Wildman–Crippen LogP) is 1.96. The number of hydrogen-bond acceptors (Lipinski definition) is 5. The van der Waals surface area contributed by atoms with Crippen LogP contribution < -0.4 is 0 Å². The summed E-state index contributed by atoms with van der Waals surface area (Å²) >= 11 is 0. The lowest BCUT2D eigenvalue weighted by Gasteiger charge is -2.31. The van der Waals surface area contributed by atoms with Crippen LogP contribution in [-0.2, 0) is 13.1 Å². The highest BCUT2D eigenvalue weighted by molar-refractivity contribution is 5.94. The first kappa shape index (κ1) is 17.4. The zero-order valence-electron chi connectivity index (χ0n) is 15.4. The summed E-state index contributed by atoms with van der Waals surface area (Å²) in [7, 11) is 0. The monoisotopic (exact) mass is 365 g/mol. The third-order valence-corrected chi connectivity index (χ3v) is 5.11. The summed E-state index contributed by atoms with van der Waals surface area (Å²) < 4.78 is 4.04. The van der Waals surface area contributed by atoms with Crippen molar-refractivity contribution in [2.75, 3.05) is 13.1 Å². The van der Waals surface area contributed by atoms with E-state index in [9.17, 15) is 4.79 Å². The molecule has 1 aliphatic heterocycles. The van der Waals surface area contributed by atoms with Gasteiger partial charge in [0, 0.05) is 55.9 Å². The lowest BCUT2D eigenvalue weighted by molar-refractivity contribution is 0.0710. The second kappa shape index (κ2) is 7.69. The van der Waals surface area contributed by atoms with Gasteiger partial charge in [0.1, 0.15) is 12.4 Å². The summed E-state index contributed by atoms with van der Waals surface area (Å²) in [6.07, 6.45) is 8.81. The summed E-state index contributed by atoms with van der Waals surface area (Å²) in [5.41, 5.74) is 0.696. The van der Waals surface area contributed by atoms with E-state index in [0.717, 1.165) is 44.1 Å². The van der Waals surface area contributed by atoms with E-state index in [2.05, 4.69) is 31.8 Å². The Kier molecular flexibility index (Phi) is 4.95. The Labute approximate surface area is 157 Å². The van der Waals surface area contributed by atoms with Crippen molar-refractivity contribution in [1.82, 2.24) is 34.4 Å². The fourth-order valence-electron chi connectivity index (χ4n) is 3.67. The summed E-state index contributed by atoms with van der Waals surface area (Å²) in [4.78, 5) is 18.5. The quantitative estimate of drug-likeness (QED) is 0.690. The molecule has 1 aliphatic rings. The topological polar surface area (TPSA) is 81.7 Å². The van der Waals surface area contributed by atoms with Gasteiger partial charge in [-0.15, -0.1) is 10.2 Å². The predicted molar refractivity (Wildman–Crippen MR) is 99.1 cm³/mol. The van der Waals surface area contributed by atoms with Crippen molar-refractivity contribution < 1.29 is 4.79 Å². The van der Waals surface area contributed by atoms with Gasteiger partial charge in [-0.2, -0.15) is 5.10 Å². The zero-order chi connectivity index (χ0) is 18.6. The standard InChI is InChI=1S/C19H23N7O/c1-2-26-17(14-25-11-3-8-21-25)22-23-18(26)15-6-12-24(13-7-15)19(27)16-4-9-20-10-5-16/h3-5,8-11,15H,2,6-7,12-14H2,1H3. The van der Waals surface area contributed by atoms with Gasteiger partial charge in [0.25, 0.3) is 5.91 Å². The number of amides is 1. The highest BCUT2D eigenvalue weighted by Crippen LogP contribution is 2.28. The Balaban J connectivity index is 1.44. The normalized spacial score (nSPS) is 15.2. The molecule has 0 unspecified atom stereocenters. The molecule has 4 rings (SSSR count). The Hall–Kier alpha value is -3.03. The van der Waals surface area contributed by atoms with Crippen LogP contribution in [0.15, 0.2) is 43.0 Å². The Morgan fingerprint density at radius 3 is 2.59 bits per heavy atom. The van der Waals surface area contributed by atoms with Crippen molar-refractivity contribution in [3.05, 3.63) is 60.2 Å². The van der Waals surface area contributed by atoms with E-state index < -0.39 is 0 Å². The summed E-state index contributed by atoms with van der Waals surface area (Å²) in [5.74, 6) is 2.35. The molecule has 0 radical (unpaired) electrons. The molecule has 4 heterocycles. The summed E-state index contributed by atoms with van der Waals surface area (Å²) in [5, 5.41) is 13.1. The molecule has 0 aliphatic carbocycles. The van der Waals surface area contributed by atoms with Crippen LogP contribution in [0.3, 0.4) is 0 Å². The van der Waals surface area contributed by atoms with Crippen molar-refractivity contribution in [1.29, 1.82) is 0 Å². The number of pyridine rings is 1. The van der Waals surface area contributed by atoms with Gasteiger partial charge in [0.2, 0.25) is 0 Å². The largest absolute Gasteiger partial charge is 0.339 e. The summed E-state index contributed by atoms with van der Waals surface area (Å²) in [6.45, 7) is 5.03. The van der Waals surface area contributed by atoms with Crippen molar-refractivity contribution in [2.45, 2.75) is 38.8 Å². The molecule has 1 fully saturated rings. The lowest BCUT2D eigenvalue weighted by Crippen LogP contribution is -2.38. The number of likely N-dealkylation sites (tertiary alicyclic amines) is 1. The zero-order valence-corrected chi connectivity index (χ0v) is 15.4. The molecule has 8 heteroatoms.